The highest BCUT2D eigenvalue weighted by Crippen LogP contribution is 2.19. The second-order valence-corrected chi connectivity index (χ2v) is 6.81. The Hall–Kier alpha value is -2.77. The molecule has 0 aliphatic carbocycles. The van der Waals surface area contributed by atoms with Gasteiger partial charge in [0.1, 0.15) is 24.0 Å². The van der Waals surface area contributed by atoms with Gasteiger partial charge < -0.3 is 4.90 Å². The van der Waals surface area contributed by atoms with Crippen molar-refractivity contribution in [2.24, 2.45) is 7.05 Å². The van der Waals surface area contributed by atoms with Gasteiger partial charge in [-0.1, -0.05) is 6.07 Å². The minimum Gasteiger partial charge on any atom is -0.363 e. The van der Waals surface area contributed by atoms with Crippen LogP contribution in [0.15, 0.2) is 18.2 Å². The van der Waals surface area contributed by atoms with E-state index >= 15 is 0 Å². The molecule has 0 saturated carbocycles. The Kier molecular flexibility index (Phi) is 5.53. The molecule has 3 heterocycles. The molecule has 0 aliphatic heterocycles. The predicted octanol–water partition coefficient (Wildman–Crippen LogP) is 2.51. The number of hydrogen-bond donors (Lipinski definition) is 0. The summed E-state index contributed by atoms with van der Waals surface area (Å²) >= 11 is 0. The number of anilines is 1. The van der Waals surface area contributed by atoms with Crippen LogP contribution in [0.3, 0.4) is 0 Å². The van der Waals surface area contributed by atoms with Crippen molar-refractivity contribution in [2.45, 2.75) is 33.2 Å². The number of hydrogen-bond acceptors (Lipinski definition) is 5. The minimum atomic E-state index is -0.480. The van der Waals surface area contributed by atoms with Gasteiger partial charge in [-0.15, -0.1) is 5.10 Å². The summed E-state index contributed by atoms with van der Waals surface area (Å²) in [5.41, 5.74) is 4.06. The number of rotatable bonds is 7. The Balaban J connectivity index is 1.88. The highest BCUT2D eigenvalue weighted by atomic mass is 19.1. The first-order chi connectivity index (χ1) is 12.9. The molecule has 0 N–H and O–H groups in total. The van der Waals surface area contributed by atoms with E-state index in [2.05, 4.69) is 27.1 Å². The van der Waals surface area contributed by atoms with Gasteiger partial charge in [0.25, 0.3) is 0 Å². The van der Waals surface area contributed by atoms with Crippen molar-refractivity contribution >= 4 is 5.82 Å². The zero-order valence-corrected chi connectivity index (χ0v) is 16.6. The maximum absolute atomic E-state index is 13.0. The van der Waals surface area contributed by atoms with Crippen LogP contribution in [-0.4, -0.2) is 50.3 Å². The quantitative estimate of drug-likeness (QED) is 0.638. The Morgan fingerprint density at radius 1 is 1.07 bits per heavy atom. The lowest BCUT2D eigenvalue weighted by molar-refractivity contribution is 0.419. The third-order valence-electron chi connectivity index (χ3n) is 4.72. The third kappa shape index (κ3) is 3.99. The molecule has 0 unspecified atom stereocenters. The molecule has 144 valence electrons. The van der Waals surface area contributed by atoms with E-state index in [1.165, 1.54) is 5.56 Å². The number of alkyl halides is 1. The van der Waals surface area contributed by atoms with E-state index in [1.54, 1.807) is 4.68 Å². The van der Waals surface area contributed by atoms with E-state index in [4.69, 9.17) is 0 Å². The first-order valence-electron chi connectivity index (χ1n) is 9.04. The van der Waals surface area contributed by atoms with Gasteiger partial charge in [0.05, 0.1) is 12.2 Å². The molecule has 7 nitrogen and oxygen atoms in total. The maximum atomic E-state index is 13.0. The number of aryl methyl sites for hydroxylation is 4. The number of halogens is 1. The first-order valence-corrected chi connectivity index (χ1v) is 9.04. The van der Waals surface area contributed by atoms with E-state index in [9.17, 15) is 4.39 Å². The van der Waals surface area contributed by atoms with Crippen LogP contribution in [0.5, 0.6) is 0 Å². The molecule has 0 saturated heterocycles. The molecule has 0 spiro atoms. The summed E-state index contributed by atoms with van der Waals surface area (Å²) in [6, 6.07) is 5.73. The van der Waals surface area contributed by atoms with Crippen molar-refractivity contribution in [1.82, 2.24) is 29.5 Å². The molecule has 3 aromatic rings. The molecule has 27 heavy (non-hydrogen) atoms. The number of aromatic nitrogens is 6. The van der Waals surface area contributed by atoms with Gasteiger partial charge in [0, 0.05) is 33.3 Å². The first kappa shape index (κ1) is 19.0. The average Bonchev–Trinajstić information content (AvgIpc) is 3.15. The van der Waals surface area contributed by atoms with Crippen molar-refractivity contribution in [2.75, 3.05) is 25.7 Å². The van der Waals surface area contributed by atoms with Crippen molar-refractivity contribution in [1.29, 1.82) is 0 Å². The standard InChI is InChI=1S/C19H26FN7/c1-13-15(14(2)26(5)23-13)9-10-18-22-19(24-27(18)12-11-20)16-7-6-8-17(21-16)25(3)4/h6-8H,9-12H2,1-5H3. The zero-order chi connectivity index (χ0) is 19.6. The number of nitrogens with zero attached hydrogens (tertiary/aromatic N) is 7. The lowest BCUT2D eigenvalue weighted by Crippen LogP contribution is -2.10. The molecule has 0 atom stereocenters. The summed E-state index contributed by atoms with van der Waals surface area (Å²) in [4.78, 5) is 11.2. The van der Waals surface area contributed by atoms with Crippen LogP contribution in [0.25, 0.3) is 11.5 Å². The van der Waals surface area contributed by atoms with Crippen molar-refractivity contribution in [3.8, 4) is 11.5 Å². The van der Waals surface area contributed by atoms with Gasteiger partial charge in [0.2, 0.25) is 0 Å². The van der Waals surface area contributed by atoms with E-state index in [0.717, 1.165) is 29.5 Å². The highest BCUT2D eigenvalue weighted by Gasteiger charge is 2.16. The van der Waals surface area contributed by atoms with Crippen molar-refractivity contribution in [3.63, 3.8) is 0 Å². The second-order valence-electron chi connectivity index (χ2n) is 6.81. The summed E-state index contributed by atoms with van der Waals surface area (Å²) in [6.07, 6.45) is 1.47. The summed E-state index contributed by atoms with van der Waals surface area (Å²) < 4.78 is 16.6. The fraction of sp³-hybridized carbons (Fsp3) is 0.474. The number of pyridine rings is 1. The third-order valence-corrected chi connectivity index (χ3v) is 4.72. The predicted molar refractivity (Wildman–Crippen MR) is 104 cm³/mol. The summed E-state index contributed by atoms with van der Waals surface area (Å²) in [5.74, 6) is 2.13. The van der Waals surface area contributed by atoms with Gasteiger partial charge in [-0.25, -0.2) is 19.0 Å². The van der Waals surface area contributed by atoms with Crippen LogP contribution in [0.4, 0.5) is 10.2 Å². The van der Waals surface area contributed by atoms with Gasteiger partial charge in [-0.2, -0.15) is 5.10 Å². The SMILES string of the molecule is Cc1nn(C)c(C)c1CCc1nc(-c2cccc(N(C)C)n2)nn1CCF. The van der Waals surface area contributed by atoms with Gasteiger partial charge in [-0.05, 0) is 38.0 Å². The van der Waals surface area contributed by atoms with Crippen molar-refractivity contribution in [3.05, 3.63) is 41.0 Å². The molecule has 0 bridgehead atoms. The summed E-state index contributed by atoms with van der Waals surface area (Å²) in [7, 11) is 5.81. The Bertz CT molecular complexity index is 926. The smallest absolute Gasteiger partial charge is 0.200 e. The molecule has 3 aromatic heterocycles. The molecular formula is C19H26FN7. The largest absolute Gasteiger partial charge is 0.363 e. The van der Waals surface area contributed by atoms with Crippen LogP contribution in [0.2, 0.25) is 0 Å². The average molecular weight is 371 g/mol. The molecule has 0 aliphatic rings. The van der Waals surface area contributed by atoms with Gasteiger partial charge in [0.15, 0.2) is 5.82 Å². The van der Waals surface area contributed by atoms with Gasteiger partial charge >= 0.3 is 0 Å². The van der Waals surface area contributed by atoms with E-state index in [0.29, 0.717) is 17.9 Å². The Labute approximate surface area is 158 Å². The summed E-state index contributed by atoms with van der Waals surface area (Å²) in [6.45, 7) is 3.78. The van der Waals surface area contributed by atoms with Crippen LogP contribution in [0, 0.1) is 13.8 Å². The summed E-state index contributed by atoms with van der Waals surface area (Å²) in [5, 5.41) is 8.96. The van der Waals surface area contributed by atoms with Crippen LogP contribution < -0.4 is 4.90 Å². The van der Waals surface area contributed by atoms with Crippen LogP contribution in [0.1, 0.15) is 22.8 Å². The minimum absolute atomic E-state index is 0.195. The fourth-order valence-corrected chi connectivity index (χ4v) is 3.14. The topological polar surface area (TPSA) is 64.7 Å². The Morgan fingerprint density at radius 2 is 1.85 bits per heavy atom. The molecule has 3 rings (SSSR count). The zero-order valence-electron chi connectivity index (χ0n) is 16.6. The molecule has 0 radical (unpaired) electrons. The normalized spacial score (nSPS) is 11.2. The Morgan fingerprint density at radius 3 is 2.48 bits per heavy atom. The second kappa shape index (κ2) is 7.85. The molecular weight excluding hydrogens is 345 g/mol. The molecule has 0 fully saturated rings. The van der Waals surface area contributed by atoms with E-state index in [-0.39, 0.29) is 6.54 Å². The monoisotopic (exact) mass is 371 g/mol. The van der Waals surface area contributed by atoms with Crippen LogP contribution in [-0.2, 0) is 26.4 Å². The molecule has 0 amide bonds. The maximum Gasteiger partial charge on any atom is 0.200 e. The van der Waals surface area contributed by atoms with E-state index < -0.39 is 6.67 Å². The molecule has 8 heteroatoms. The molecule has 0 aromatic carbocycles. The fourth-order valence-electron chi connectivity index (χ4n) is 3.14. The van der Waals surface area contributed by atoms with Crippen LogP contribution >= 0.6 is 0 Å². The lowest BCUT2D eigenvalue weighted by atomic mass is 10.1. The van der Waals surface area contributed by atoms with E-state index in [1.807, 2.05) is 55.8 Å². The van der Waals surface area contributed by atoms with Gasteiger partial charge in [-0.3, -0.25) is 4.68 Å². The highest BCUT2D eigenvalue weighted by molar-refractivity contribution is 5.53. The van der Waals surface area contributed by atoms with Crippen molar-refractivity contribution < 1.29 is 4.39 Å². The lowest BCUT2D eigenvalue weighted by Gasteiger charge is -2.10.